The number of rotatable bonds is 4. The van der Waals surface area contributed by atoms with Crippen LogP contribution in [0.25, 0.3) is 11.3 Å². The van der Waals surface area contributed by atoms with Crippen LogP contribution in [0.1, 0.15) is 16.1 Å². The third kappa shape index (κ3) is 3.41. The number of amides is 1. The molecule has 0 saturated heterocycles. The first-order valence-corrected chi connectivity index (χ1v) is 7.59. The molecule has 24 heavy (non-hydrogen) atoms. The molecule has 0 atom stereocenters. The molecule has 0 spiro atoms. The van der Waals surface area contributed by atoms with Crippen molar-refractivity contribution in [3.05, 3.63) is 88.5 Å². The van der Waals surface area contributed by atoms with Crippen LogP contribution in [0.15, 0.2) is 71.7 Å². The predicted molar refractivity (Wildman–Crippen MR) is 92.5 cm³/mol. The van der Waals surface area contributed by atoms with Gasteiger partial charge in [0.05, 0.1) is 12.2 Å². The Balaban J connectivity index is 1.82. The van der Waals surface area contributed by atoms with E-state index in [2.05, 4.69) is 9.97 Å². The number of H-pyrrole nitrogens is 1. The van der Waals surface area contributed by atoms with Gasteiger partial charge in [-0.2, -0.15) is 0 Å². The molecule has 1 N–H and O–H groups in total. The molecule has 0 aliphatic heterocycles. The van der Waals surface area contributed by atoms with Gasteiger partial charge in [-0.3, -0.25) is 14.6 Å². The summed E-state index contributed by atoms with van der Waals surface area (Å²) in [6, 6.07) is 18.3. The van der Waals surface area contributed by atoms with Crippen LogP contribution in [0.3, 0.4) is 0 Å². The normalized spacial score (nSPS) is 10.4. The molecule has 0 aliphatic carbocycles. The zero-order valence-electron chi connectivity index (χ0n) is 13.3. The highest BCUT2D eigenvalue weighted by molar-refractivity contribution is 5.93. The van der Waals surface area contributed by atoms with E-state index in [1.54, 1.807) is 25.4 Å². The summed E-state index contributed by atoms with van der Waals surface area (Å²) in [5, 5.41) is 0. The van der Waals surface area contributed by atoms with E-state index in [0.29, 0.717) is 12.2 Å². The van der Waals surface area contributed by atoms with Gasteiger partial charge in [0.15, 0.2) is 0 Å². The molecule has 0 fully saturated rings. The van der Waals surface area contributed by atoms with Crippen LogP contribution in [-0.2, 0) is 6.54 Å². The Bertz CT molecular complexity index is 889. The van der Waals surface area contributed by atoms with E-state index in [-0.39, 0.29) is 11.5 Å². The Morgan fingerprint density at radius 1 is 1.04 bits per heavy atom. The highest BCUT2D eigenvalue weighted by atomic mass is 16.2. The van der Waals surface area contributed by atoms with Gasteiger partial charge in [0, 0.05) is 18.9 Å². The summed E-state index contributed by atoms with van der Waals surface area (Å²) < 4.78 is 0. The largest absolute Gasteiger partial charge is 0.336 e. The fourth-order valence-corrected chi connectivity index (χ4v) is 2.44. The molecule has 1 amide bonds. The Morgan fingerprint density at radius 2 is 1.79 bits per heavy atom. The van der Waals surface area contributed by atoms with Gasteiger partial charge in [0.25, 0.3) is 11.5 Å². The number of aromatic nitrogens is 2. The van der Waals surface area contributed by atoms with E-state index >= 15 is 0 Å². The minimum Gasteiger partial charge on any atom is -0.336 e. The van der Waals surface area contributed by atoms with Gasteiger partial charge < -0.3 is 9.88 Å². The van der Waals surface area contributed by atoms with Gasteiger partial charge >= 0.3 is 0 Å². The summed E-state index contributed by atoms with van der Waals surface area (Å²) in [5.74, 6) is -0.332. The number of hydrogen-bond acceptors (Lipinski definition) is 3. The molecule has 0 saturated carbocycles. The zero-order valence-corrected chi connectivity index (χ0v) is 13.3. The summed E-state index contributed by atoms with van der Waals surface area (Å²) in [7, 11) is 1.65. The SMILES string of the molecule is CN(Cc1ccccn1)C(=O)c1ccc(-c2ccccc2)[nH]c1=O. The number of carbonyl (C=O) groups is 1. The highest BCUT2D eigenvalue weighted by Gasteiger charge is 2.16. The van der Waals surface area contributed by atoms with Gasteiger partial charge in [-0.1, -0.05) is 36.4 Å². The Labute approximate surface area is 139 Å². The monoisotopic (exact) mass is 319 g/mol. The van der Waals surface area contributed by atoms with Gasteiger partial charge in [0.1, 0.15) is 5.56 Å². The number of benzene rings is 1. The molecule has 0 unspecified atom stereocenters. The highest BCUT2D eigenvalue weighted by Crippen LogP contribution is 2.15. The lowest BCUT2D eigenvalue weighted by atomic mass is 10.1. The third-order valence-electron chi connectivity index (χ3n) is 3.70. The molecule has 2 heterocycles. The van der Waals surface area contributed by atoms with E-state index < -0.39 is 5.56 Å². The van der Waals surface area contributed by atoms with E-state index in [4.69, 9.17) is 0 Å². The number of nitrogens with zero attached hydrogens (tertiary/aromatic N) is 2. The minimum absolute atomic E-state index is 0.119. The lowest BCUT2D eigenvalue weighted by Crippen LogP contribution is -2.31. The molecular formula is C19H17N3O2. The van der Waals surface area contributed by atoms with Gasteiger partial charge in [-0.05, 0) is 29.8 Å². The maximum absolute atomic E-state index is 12.5. The maximum Gasteiger partial charge on any atom is 0.261 e. The van der Waals surface area contributed by atoms with E-state index in [9.17, 15) is 9.59 Å². The van der Waals surface area contributed by atoms with Crippen LogP contribution < -0.4 is 5.56 Å². The first kappa shape index (κ1) is 15.7. The second kappa shape index (κ2) is 6.91. The van der Waals surface area contributed by atoms with E-state index in [0.717, 1.165) is 11.3 Å². The van der Waals surface area contributed by atoms with Crippen LogP contribution >= 0.6 is 0 Å². The average molecular weight is 319 g/mol. The number of aromatic amines is 1. The van der Waals surface area contributed by atoms with Crippen molar-refractivity contribution in [2.45, 2.75) is 6.54 Å². The molecule has 2 aromatic heterocycles. The summed E-state index contributed by atoms with van der Waals surface area (Å²) >= 11 is 0. The van der Waals surface area contributed by atoms with Gasteiger partial charge in [-0.15, -0.1) is 0 Å². The zero-order chi connectivity index (χ0) is 16.9. The van der Waals surface area contributed by atoms with E-state index in [1.165, 1.54) is 4.90 Å². The van der Waals surface area contributed by atoms with Crippen LogP contribution in [0.2, 0.25) is 0 Å². The van der Waals surface area contributed by atoms with Crippen LogP contribution in [0, 0.1) is 0 Å². The molecule has 3 aromatic rings. The standard InChI is InChI=1S/C19H17N3O2/c1-22(13-15-9-5-6-12-20-15)19(24)16-10-11-17(21-18(16)23)14-7-3-2-4-8-14/h2-12H,13H2,1H3,(H,21,23). The average Bonchev–Trinajstić information content (AvgIpc) is 2.62. The number of pyridine rings is 2. The second-order valence-electron chi connectivity index (χ2n) is 5.46. The van der Waals surface area contributed by atoms with Gasteiger partial charge in [0.2, 0.25) is 0 Å². The summed E-state index contributed by atoms with van der Waals surface area (Å²) in [4.78, 5) is 33.2. The predicted octanol–water partition coefficient (Wildman–Crippen LogP) is 2.71. The van der Waals surface area contributed by atoms with Gasteiger partial charge in [-0.25, -0.2) is 0 Å². The Kier molecular flexibility index (Phi) is 4.52. The van der Waals surface area contributed by atoms with Crippen molar-refractivity contribution in [1.29, 1.82) is 0 Å². The first-order valence-electron chi connectivity index (χ1n) is 7.59. The molecule has 0 radical (unpaired) electrons. The summed E-state index contributed by atoms with van der Waals surface area (Å²) in [6.07, 6.45) is 1.68. The van der Waals surface area contributed by atoms with Crippen molar-refractivity contribution in [2.75, 3.05) is 7.05 Å². The molecule has 3 rings (SSSR count). The van der Waals surface area contributed by atoms with Crippen molar-refractivity contribution in [2.24, 2.45) is 0 Å². The number of carbonyl (C=O) groups excluding carboxylic acids is 1. The third-order valence-corrected chi connectivity index (χ3v) is 3.70. The minimum atomic E-state index is -0.394. The Morgan fingerprint density at radius 3 is 2.46 bits per heavy atom. The van der Waals surface area contributed by atoms with Crippen LogP contribution in [0.5, 0.6) is 0 Å². The molecular weight excluding hydrogens is 302 g/mol. The van der Waals surface area contributed by atoms with Crippen LogP contribution in [-0.4, -0.2) is 27.8 Å². The topological polar surface area (TPSA) is 66.1 Å². The quantitative estimate of drug-likeness (QED) is 0.804. The van der Waals surface area contributed by atoms with Crippen molar-refractivity contribution < 1.29 is 4.79 Å². The second-order valence-corrected chi connectivity index (χ2v) is 5.46. The molecule has 0 aliphatic rings. The molecule has 0 bridgehead atoms. The van der Waals surface area contributed by atoms with Crippen molar-refractivity contribution >= 4 is 5.91 Å². The van der Waals surface area contributed by atoms with E-state index in [1.807, 2.05) is 48.5 Å². The summed E-state index contributed by atoms with van der Waals surface area (Å²) in [6.45, 7) is 0.347. The van der Waals surface area contributed by atoms with Crippen molar-refractivity contribution in [3.8, 4) is 11.3 Å². The number of nitrogens with one attached hydrogen (secondary N) is 1. The lowest BCUT2D eigenvalue weighted by Gasteiger charge is -2.16. The lowest BCUT2D eigenvalue weighted by molar-refractivity contribution is 0.0781. The fourth-order valence-electron chi connectivity index (χ4n) is 2.44. The first-order chi connectivity index (χ1) is 11.6. The van der Waals surface area contributed by atoms with Crippen molar-refractivity contribution in [1.82, 2.24) is 14.9 Å². The molecule has 5 nitrogen and oxygen atoms in total. The fraction of sp³-hybridized carbons (Fsp3) is 0.105. The van der Waals surface area contributed by atoms with Crippen LogP contribution in [0.4, 0.5) is 0 Å². The maximum atomic E-state index is 12.5. The summed E-state index contributed by atoms with van der Waals surface area (Å²) in [5.41, 5.74) is 2.08. The molecule has 120 valence electrons. The molecule has 5 heteroatoms. The van der Waals surface area contributed by atoms with Crippen molar-refractivity contribution in [3.63, 3.8) is 0 Å². The molecule has 1 aromatic carbocycles. The number of hydrogen-bond donors (Lipinski definition) is 1. The smallest absolute Gasteiger partial charge is 0.261 e. The Hall–Kier alpha value is -3.21.